The molecule has 4 N–H and O–H groups in total. The minimum absolute atomic E-state index is 0.101. The molecule has 1 atom stereocenters. The summed E-state index contributed by atoms with van der Waals surface area (Å²) < 4.78 is 1.48. The maximum absolute atomic E-state index is 12.5. The zero-order chi connectivity index (χ0) is 18.4. The van der Waals surface area contributed by atoms with Crippen molar-refractivity contribution in [3.63, 3.8) is 0 Å². The van der Waals surface area contributed by atoms with Gasteiger partial charge in [0.1, 0.15) is 6.04 Å². The van der Waals surface area contributed by atoms with Gasteiger partial charge in [0.15, 0.2) is 5.16 Å². The van der Waals surface area contributed by atoms with Gasteiger partial charge in [-0.3, -0.25) is 14.2 Å². The molecule has 2 amide bonds. The second-order valence-electron chi connectivity index (χ2n) is 5.08. The molecule has 0 aliphatic carbocycles. The van der Waals surface area contributed by atoms with Gasteiger partial charge in [0.05, 0.1) is 11.8 Å². The second-order valence-corrected chi connectivity index (χ2v) is 6.02. The quantitative estimate of drug-likeness (QED) is 0.666. The molecule has 2 aromatic rings. The number of benzene rings is 1. The van der Waals surface area contributed by atoms with E-state index in [-0.39, 0.29) is 23.5 Å². The van der Waals surface area contributed by atoms with Crippen molar-refractivity contribution in [2.45, 2.75) is 25.0 Å². The lowest BCUT2D eigenvalue weighted by Crippen LogP contribution is -2.25. The Kier molecular flexibility index (Phi) is 5.97. The third-order valence-electron chi connectivity index (χ3n) is 3.20. The molecule has 9 nitrogen and oxygen atoms in total. The molecule has 2 rings (SSSR count). The molecule has 0 fully saturated rings. The van der Waals surface area contributed by atoms with Gasteiger partial charge in [-0.2, -0.15) is 5.26 Å². The monoisotopic (exact) mass is 359 g/mol. The van der Waals surface area contributed by atoms with E-state index in [1.807, 2.05) is 6.07 Å². The Morgan fingerprint density at radius 3 is 2.44 bits per heavy atom. The number of aromatic nitrogens is 3. The molecule has 0 aliphatic heterocycles. The summed E-state index contributed by atoms with van der Waals surface area (Å²) in [6.45, 7) is 3.08. The Balaban J connectivity index is 2.09. The predicted molar refractivity (Wildman–Crippen MR) is 94.9 cm³/mol. The number of nitrogens with one attached hydrogen (secondary N) is 2. The third kappa shape index (κ3) is 4.71. The number of carbonyl (C=O) groups excluding carboxylic acids is 2. The number of anilines is 3. The van der Waals surface area contributed by atoms with E-state index in [2.05, 4.69) is 20.8 Å². The largest absolute Gasteiger partial charge is 0.368 e. The summed E-state index contributed by atoms with van der Waals surface area (Å²) in [5.41, 5.74) is 6.99. The van der Waals surface area contributed by atoms with Crippen LogP contribution in [0.4, 0.5) is 17.3 Å². The van der Waals surface area contributed by atoms with Gasteiger partial charge in [0.2, 0.25) is 17.8 Å². The van der Waals surface area contributed by atoms with Crippen molar-refractivity contribution >= 4 is 40.9 Å². The van der Waals surface area contributed by atoms with E-state index in [0.717, 1.165) is 11.8 Å². The summed E-state index contributed by atoms with van der Waals surface area (Å²) in [6.07, 6.45) is 0. The molecule has 1 aromatic heterocycles. The lowest BCUT2D eigenvalue weighted by molar-refractivity contribution is -0.119. The van der Waals surface area contributed by atoms with Crippen LogP contribution in [0.25, 0.3) is 0 Å². The highest BCUT2D eigenvalue weighted by atomic mass is 32.2. The van der Waals surface area contributed by atoms with Crippen LogP contribution in [0.15, 0.2) is 29.4 Å². The third-order valence-corrected chi connectivity index (χ3v) is 4.01. The number of hydrogen-bond donors (Lipinski definition) is 3. The fourth-order valence-electron chi connectivity index (χ4n) is 2.05. The first kappa shape index (κ1) is 18.3. The van der Waals surface area contributed by atoms with Crippen molar-refractivity contribution < 1.29 is 9.59 Å². The maximum atomic E-state index is 12.5. The van der Waals surface area contributed by atoms with Gasteiger partial charge in [-0.25, -0.2) is 0 Å². The fraction of sp³-hybridized carbons (Fsp3) is 0.267. The van der Waals surface area contributed by atoms with E-state index in [1.54, 1.807) is 31.2 Å². The number of amides is 2. The molecule has 10 heteroatoms. The topological polar surface area (TPSA) is 139 Å². The molecular weight excluding hydrogens is 342 g/mol. The van der Waals surface area contributed by atoms with Crippen molar-refractivity contribution in [2.24, 2.45) is 0 Å². The Labute approximate surface area is 148 Å². The Hall–Kier alpha value is -3.06. The summed E-state index contributed by atoms with van der Waals surface area (Å²) in [6, 6.07) is 8.05. The molecule has 0 saturated heterocycles. The van der Waals surface area contributed by atoms with E-state index < -0.39 is 6.04 Å². The second kappa shape index (κ2) is 8.16. The first-order chi connectivity index (χ1) is 11.9. The van der Waals surface area contributed by atoms with Crippen molar-refractivity contribution in [3.05, 3.63) is 24.3 Å². The molecule has 0 saturated carbocycles. The molecule has 25 heavy (non-hydrogen) atoms. The summed E-state index contributed by atoms with van der Waals surface area (Å²) in [4.78, 5) is 23.5. The van der Waals surface area contributed by atoms with Crippen molar-refractivity contribution in [1.82, 2.24) is 14.8 Å². The van der Waals surface area contributed by atoms with Crippen LogP contribution in [-0.4, -0.2) is 32.3 Å². The number of carbonyl (C=O) groups is 2. The molecule has 1 unspecified atom stereocenters. The van der Waals surface area contributed by atoms with Crippen LogP contribution >= 0.6 is 11.8 Å². The standard InChI is InChI=1S/C15H17N7O2S/c1-9(22-14(17)20-21-15(22)25-8-7-16)13(24)19-12-5-3-11(4-6-12)18-10(2)23/h3-6,9H,8H2,1-2H3,(H2,17,20)(H,18,23)(H,19,24). The molecule has 1 aromatic carbocycles. The van der Waals surface area contributed by atoms with Crippen molar-refractivity contribution in [3.8, 4) is 6.07 Å². The molecule has 0 radical (unpaired) electrons. The Morgan fingerprint density at radius 2 is 1.88 bits per heavy atom. The lowest BCUT2D eigenvalue weighted by Gasteiger charge is -2.16. The number of rotatable bonds is 6. The normalized spacial score (nSPS) is 11.4. The number of nitrogens with zero attached hydrogens (tertiary/aromatic N) is 4. The maximum Gasteiger partial charge on any atom is 0.247 e. The zero-order valence-corrected chi connectivity index (χ0v) is 14.5. The van der Waals surface area contributed by atoms with Crippen LogP contribution in [0.3, 0.4) is 0 Å². The van der Waals surface area contributed by atoms with Gasteiger partial charge < -0.3 is 16.4 Å². The molecule has 1 heterocycles. The number of nitrogen functional groups attached to an aromatic ring is 1. The van der Waals surface area contributed by atoms with Gasteiger partial charge in [-0.15, -0.1) is 10.2 Å². The van der Waals surface area contributed by atoms with Gasteiger partial charge in [0.25, 0.3) is 0 Å². The minimum atomic E-state index is -0.661. The Bertz CT molecular complexity index is 810. The van der Waals surface area contributed by atoms with Crippen LogP contribution in [0, 0.1) is 11.3 Å². The number of thioether (sulfide) groups is 1. The highest BCUT2D eigenvalue weighted by Gasteiger charge is 2.22. The molecular formula is C15H17N7O2S. The predicted octanol–water partition coefficient (Wildman–Crippen LogP) is 1.63. The SMILES string of the molecule is CC(=O)Nc1ccc(NC(=O)C(C)n2c(N)nnc2SCC#N)cc1. The fourth-order valence-corrected chi connectivity index (χ4v) is 2.73. The van der Waals surface area contributed by atoms with E-state index in [4.69, 9.17) is 11.0 Å². The van der Waals surface area contributed by atoms with Crippen LogP contribution in [0.5, 0.6) is 0 Å². The zero-order valence-electron chi connectivity index (χ0n) is 13.7. The first-order valence-corrected chi connectivity index (χ1v) is 8.29. The number of nitrogens with two attached hydrogens (primary N) is 1. The van der Waals surface area contributed by atoms with Crippen LogP contribution < -0.4 is 16.4 Å². The van der Waals surface area contributed by atoms with Crippen molar-refractivity contribution in [2.75, 3.05) is 22.1 Å². The van der Waals surface area contributed by atoms with Crippen molar-refractivity contribution in [1.29, 1.82) is 5.26 Å². The summed E-state index contributed by atoms with van der Waals surface area (Å²) in [5, 5.41) is 22.1. The summed E-state index contributed by atoms with van der Waals surface area (Å²) in [5.74, 6) is -0.200. The molecule has 0 spiro atoms. The van der Waals surface area contributed by atoms with E-state index in [1.165, 1.54) is 11.5 Å². The Morgan fingerprint density at radius 1 is 1.28 bits per heavy atom. The van der Waals surface area contributed by atoms with Crippen LogP contribution in [-0.2, 0) is 9.59 Å². The van der Waals surface area contributed by atoms with E-state index in [9.17, 15) is 9.59 Å². The average Bonchev–Trinajstić information content (AvgIpc) is 2.94. The van der Waals surface area contributed by atoms with Crippen LogP contribution in [0.1, 0.15) is 19.9 Å². The van der Waals surface area contributed by atoms with Gasteiger partial charge >= 0.3 is 0 Å². The lowest BCUT2D eigenvalue weighted by atomic mass is 10.2. The molecule has 0 bridgehead atoms. The van der Waals surface area contributed by atoms with Crippen LogP contribution in [0.2, 0.25) is 0 Å². The van der Waals surface area contributed by atoms with Gasteiger partial charge in [-0.1, -0.05) is 11.8 Å². The minimum Gasteiger partial charge on any atom is -0.368 e. The molecule has 130 valence electrons. The number of hydrogen-bond acceptors (Lipinski definition) is 7. The average molecular weight is 359 g/mol. The van der Waals surface area contributed by atoms with E-state index >= 15 is 0 Å². The van der Waals surface area contributed by atoms with E-state index in [0.29, 0.717) is 16.5 Å². The summed E-state index contributed by atoms with van der Waals surface area (Å²) in [7, 11) is 0. The smallest absolute Gasteiger partial charge is 0.247 e. The first-order valence-electron chi connectivity index (χ1n) is 7.31. The highest BCUT2D eigenvalue weighted by Crippen LogP contribution is 2.24. The van der Waals surface area contributed by atoms with Gasteiger partial charge in [0, 0.05) is 18.3 Å². The highest BCUT2D eigenvalue weighted by molar-refractivity contribution is 7.99. The van der Waals surface area contributed by atoms with Gasteiger partial charge in [-0.05, 0) is 31.2 Å². The number of nitriles is 1. The summed E-state index contributed by atoms with van der Waals surface area (Å²) >= 11 is 1.16. The molecule has 0 aliphatic rings.